The Morgan fingerprint density at radius 1 is 0.870 bits per heavy atom. The summed E-state index contributed by atoms with van der Waals surface area (Å²) in [6.45, 7) is 4.59. The van der Waals surface area contributed by atoms with Crippen LogP contribution in [0.5, 0.6) is 0 Å². The van der Waals surface area contributed by atoms with Gasteiger partial charge in [-0.1, -0.05) is 69.8 Å². The lowest BCUT2D eigenvalue weighted by Crippen LogP contribution is -2.18. The van der Waals surface area contributed by atoms with Crippen LogP contribution in [-0.2, 0) is 0 Å². The summed E-state index contributed by atoms with van der Waals surface area (Å²) < 4.78 is 0. The highest BCUT2D eigenvalue weighted by Crippen LogP contribution is 2.39. The molecular formula is C23H36. The van der Waals surface area contributed by atoms with Crippen LogP contribution in [0.25, 0.3) is 0 Å². The van der Waals surface area contributed by atoms with Gasteiger partial charge < -0.3 is 0 Å². The summed E-state index contributed by atoms with van der Waals surface area (Å²) in [5.41, 5.74) is 3.11. The molecule has 0 bridgehead atoms. The standard InChI is InChI=1S/C23H36/c1-3-19-10-14-22(15-11-19)23-16-12-21(13-17-23)9-8-20-6-4-18(2)5-7-20/h3,10,14-15,18,20-21,23H,4-9,11-13,16-17H2,1-2H3/b19-3+. The summed E-state index contributed by atoms with van der Waals surface area (Å²) in [6.07, 6.45) is 25.5. The van der Waals surface area contributed by atoms with E-state index in [0.717, 1.165) is 30.1 Å². The average molecular weight is 313 g/mol. The van der Waals surface area contributed by atoms with E-state index >= 15 is 0 Å². The van der Waals surface area contributed by atoms with Crippen LogP contribution in [-0.4, -0.2) is 0 Å². The van der Waals surface area contributed by atoms with Crippen LogP contribution < -0.4 is 0 Å². The molecule has 0 spiro atoms. The first-order valence-electron chi connectivity index (χ1n) is 10.3. The molecular weight excluding hydrogens is 276 g/mol. The zero-order valence-electron chi connectivity index (χ0n) is 15.4. The van der Waals surface area contributed by atoms with E-state index in [-0.39, 0.29) is 0 Å². The number of rotatable bonds is 4. The molecule has 0 aromatic heterocycles. The van der Waals surface area contributed by atoms with Gasteiger partial charge in [-0.2, -0.15) is 0 Å². The monoisotopic (exact) mass is 312 g/mol. The summed E-state index contributed by atoms with van der Waals surface area (Å²) in [4.78, 5) is 0. The van der Waals surface area contributed by atoms with Crippen LogP contribution >= 0.6 is 0 Å². The van der Waals surface area contributed by atoms with Gasteiger partial charge in [0, 0.05) is 0 Å². The highest BCUT2D eigenvalue weighted by molar-refractivity contribution is 5.36. The summed E-state index contributed by atoms with van der Waals surface area (Å²) in [7, 11) is 0. The van der Waals surface area contributed by atoms with Gasteiger partial charge >= 0.3 is 0 Å². The lowest BCUT2D eigenvalue weighted by molar-refractivity contribution is 0.231. The molecule has 0 aliphatic heterocycles. The Hall–Kier alpha value is -0.780. The Bertz CT molecular complexity index is 448. The summed E-state index contributed by atoms with van der Waals surface area (Å²) in [5.74, 6) is 3.95. The van der Waals surface area contributed by atoms with Crippen LogP contribution in [0.1, 0.15) is 84.5 Å². The molecule has 0 heteroatoms. The predicted octanol–water partition coefficient (Wildman–Crippen LogP) is 7.23. The topological polar surface area (TPSA) is 0 Å². The minimum atomic E-state index is 0.858. The average Bonchev–Trinajstić information content (AvgIpc) is 2.62. The van der Waals surface area contributed by atoms with E-state index in [1.807, 2.05) is 0 Å². The van der Waals surface area contributed by atoms with Crippen molar-refractivity contribution in [1.82, 2.24) is 0 Å². The molecule has 0 nitrogen and oxygen atoms in total. The smallest absolute Gasteiger partial charge is 0.00948 e. The third-order valence-corrected chi connectivity index (χ3v) is 6.87. The third kappa shape index (κ3) is 4.85. The quantitative estimate of drug-likeness (QED) is 0.513. The highest BCUT2D eigenvalue weighted by Gasteiger charge is 2.25. The largest absolute Gasteiger partial charge is 0.0841 e. The van der Waals surface area contributed by atoms with Gasteiger partial charge in [0.15, 0.2) is 0 Å². The number of allylic oxidation sites excluding steroid dienone is 6. The second-order valence-corrected chi connectivity index (χ2v) is 8.53. The highest BCUT2D eigenvalue weighted by atomic mass is 14.3. The van der Waals surface area contributed by atoms with Crippen molar-refractivity contribution in [1.29, 1.82) is 0 Å². The van der Waals surface area contributed by atoms with E-state index in [1.54, 1.807) is 5.57 Å². The van der Waals surface area contributed by atoms with Gasteiger partial charge in [-0.05, 0) is 73.8 Å². The normalized spacial score (nSPS) is 37.0. The first kappa shape index (κ1) is 17.1. The Morgan fingerprint density at radius 3 is 2.00 bits per heavy atom. The molecule has 0 unspecified atom stereocenters. The Labute approximate surface area is 144 Å². The first-order chi connectivity index (χ1) is 11.2. The van der Waals surface area contributed by atoms with Gasteiger partial charge in [0.25, 0.3) is 0 Å². The second kappa shape index (κ2) is 8.36. The van der Waals surface area contributed by atoms with Crippen molar-refractivity contribution in [2.24, 2.45) is 23.7 Å². The predicted molar refractivity (Wildman–Crippen MR) is 101 cm³/mol. The molecule has 3 rings (SSSR count). The minimum Gasteiger partial charge on any atom is -0.0841 e. The van der Waals surface area contributed by atoms with Gasteiger partial charge in [0.05, 0.1) is 0 Å². The zero-order valence-corrected chi connectivity index (χ0v) is 15.4. The number of hydrogen-bond donors (Lipinski definition) is 0. The number of hydrogen-bond acceptors (Lipinski definition) is 0. The molecule has 0 amide bonds. The Kier molecular flexibility index (Phi) is 6.20. The lowest BCUT2D eigenvalue weighted by atomic mass is 9.74. The molecule has 0 aromatic rings. The molecule has 0 atom stereocenters. The zero-order chi connectivity index (χ0) is 16.1. The molecule has 0 saturated heterocycles. The molecule has 23 heavy (non-hydrogen) atoms. The lowest BCUT2D eigenvalue weighted by Gasteiger charge is -2.32. The molecule has 3 aliphatic carbocycles. The van der Waals surface area contributed by atoms with E-state index in [9.17, 15) is 0 Å². The van der Waals surface area contributed by atoms with Crippen molar-refractivity contribution in [3.05, 3.63) is 35.5 Å². The van der Waals surface area contributed by atoms with Crippen molar-refractivity contribution >= 4 is 0 Å². The van der Waals surface area contributed by atoms with Gasteiger partial charge in [-0.25, -0.2) is 0 Å². The minimum absolute atomic E-state index is 0.858. The van der Waals surface area contributed by atoms with Crippen molar-refractivity contribution in [2.75, 3.05) is 0 Å². The molecule has 2 saturated carbocycles. The van der Waals surface area contributed by atoms with Crippen molar-refractivity contribution in [3.8, 4) is 0 Å². The third-order valence-electron chi connectivity index (χ3n) is 6.87. The maximum atomic E-state index is 2.49. The van der Waals surface area contributed by atoms with Crippen LogP contribution in [0.4, 0.5) is 0 Å². The Balaban J connectivity index is 1.37. The van der Waals surface area contributed by atoms with E-state index < -0.39 is 0 Å². The fourth-order valence-electron chi connectivity index (χ4n) is 4.97. The molecule has 2 fully saturated rings. The Morgan fingerprint density at radius 2 is 1.48 bits per heavy atom. The van der Waals surface area contributed by atoms with Crippen LogP contribution in [0.15, 0.2) is 35.5 Å². The maximum absolute atomic E-state index is 2.49. The van der Waals surface area contributed by atoms with Crippen molar-refractivity contribution in [3.63, 3.8) is 0 Å². The summed E-state index contributed by atoms with van der Waals surface area (Å²) in [6, 6.07) is 0. The maximum Gasteiger partial charge on any atom is -0.00948 e. The van der Waals surface area contributed by atoms with E-state index in [2.05, 4.69) is 38.2 Å². The molecule has 0 N–H and O–H groups in total. The molecule has 0 heterocycles. The molecule has 0 radical (unpaired) electrons. The van der Waals surface area contributed by atoms with Gasteiger partial charge in [0.1, 0.15) is 0 Å². The van der Waals surface area contributed by atoms with Crippen LogP contribution in [0.3, 0.4) is 0 Å². The molecule has 0 aromatic carbocycles. The second-order valence-electron chi connectivity index (χ2n) is 8.53. The van der Waals surface area contributed by atoms with E-state index in [4.69, 9.17) is 0 Å². The van der Waals surface area contributed by atoms with Gasteiger partial charge in [-0.15, -0.1) is 0 Å². The fourth-order valence-corrected chi connectivity index (χ4v) is 4.97. The molecule has 128 valence electrons. The van der Waals surface area contributed by atoms with Crippen LogP contribution in [0, 0.1) is 23.7 Å². The molecule has 3 aliphatic rings. The van der Waals surface area contributed by atoms with Crippen molar-refractivity contribution < 1.29 is 0 Å². The summed E-state index contributed by atoms with van der Waals surface area (Å²) >= 11 is 0. The SMILES string of the molecule is C/C=C1\C=CC(C2CCC(CCC3CCC(C)CC3)CC2)=CC1. The van der Waals surface area contributed by atoms with Gasteiger partial charge in [0.2, 0.25) is 0 Å². The first-order valence-corrected chi connectivity index (χ1v) is 10.3. The fraction of sp³-hybridized carbons (Fsp3) is 0.739. The van der Waals surface area contributed by atoms with E-state index in [1.165, 1.54) is 69.8 Å². The van der Waals surface area contributed by atoms with Crippen LogP contribution in [0.2, 0.25) is 0 Å². The van der Waals surface area contributed by atoms with Gasteiger partial charge in [-0.3, -0.25) is 0 Å². The van der Waals surface area contributed by atoms with Crippen molar-refractivity contribution in [2.45, 2.75) is 84.5 Å². The summed E-state index contributed by atoms with van der Waals surface area (Å²) in [5, 5.41) is 0. The van der Waals surface area contributed by atoms with E-state index in [0.29, 0.717) is 0 Å².